The second kappa shape index (κ2) is 11.3. The Morgan fingerprint density at radius 3 is 2.33 bits per heavy atom. The minimum Gasteiger partial charge on any atom is -0.454 e. The Balaban J connectivity index is 0.00000441. The molecule has 0 amide bonds. The van der Waals surface area contributed by atoms with Gasteiger partial charge >= 0.3 is 11.9 Å². The molecular formula is C29H46ClNO9. The van der Waals surface area contributed by atoms with E-state index < -0.39 is 76.2 Å². The molecule has 8 atom stereocenters. The first kappa shape index (κ1) is 32.9. The summed E-state index contributed by atoms with van der Waals surface area (Å²) >= 11 is 0. The molecule has 0 bridgehead atoms. The highest BCUT2D eigenvalue weighted by Crippen LogP contribution is 2.67. The zero-order valence-corrected chi connectivity index (χ0v) is 25.1. The zero-order chi connectivity index (χ0) is 29.0. The molecule has 4 aliphatic rings. The van der Waals surface area contributed by atoms with Gasteiger partial charge in [0.05, 0.1) is 24.4 Å². The van der Waals surface area contributed by atoms with E-state index in [4.69, 9.17) is 14.2 Å². The van der Waals surface area contributed by atoms with Crippen molar-refractivity contribution in [2.45, 2.75) is 108 Å². The normalized spacial score (nSPS) is 43.0. The lowest BCUT2D eigenvalue weighted by atomic mass is 9.40. The van der Waals surface area contributed by atoms with Crippen LogP contribution in [0.4, 0.5) is 0 Å². The van der Waals surface area contributed by atoms with Gasteiger partial charge in [-0.05, 0) is 58.0 Å². The fraction of sp³-hybridized carbons (Fsp3) is 0.828. The first-order valence-corrected chi connectivity index (χ1v) is 14.1. The van der Waals surface area contributed by atoms with Crippen molar-refractivity contribution < 1.29 is 43.9 Å². The molecular weight excluding hydrogens is 542 g/mol. The van der Waals surface area contributed by atoms with Crippen molar-refractivity contribution in [1.82, 2.24) is 4.90 Å². The molecule has 0 unspecified atom stereocenters. The van der Waals surface area contributed by atoms with Crippen LogP contribution in [-0.4, -0.2) is 99.3 Å². The second-order valence-corrected chi connectivity index (χ2v) is 13.2. The number of aliphatic hydroxyl groups is 3. The number of Topliss-reactive ketones (excluding diaryl/α,β-unsaturated/α-hetero) is 1. The Labute approximate surface area is 242 Å². The van der Waals surface area contributed by atoms with Crippen LogP contribution in [-0.2, 0) is 28.6 Å². The summed E-state index contributed by atoms with van der Waals surface area (Å²) in [5.74, 6) is -2.90. The number of esters is 2. The summed E-state index contributed by atoms with van der Waals surface area (Å²) in [6, 6.07) is 0. The number of aliphatic hydroxyl groups excluding tert-OH is 2. The van der Waals surface area contributed by atoms with Crippen molar-refractivity contribution in [2.24, 2.45) is 16.7 Å². The van der Waals surface area contributed by atoms with E-state index in [0.29, 0.717) is 12.8 Å². The van der Waals surface area contributed by atoms with Gasteiger partial charge in [0.1, 0.15) is 5.60 Å². The second-order valence-electron chi connectivity index (χ2n) is 13.2. The molecule has 0 aromatic rings. The fourth-order valence-electron chi connectivity index (χ4n) is 8.14. The first-order valence-electron chi connectivity index (χ1n) is 14.1. The third kappa shape index (κ3) is 5.02. The number of nitrogens with zero attached hydrogens (tertiary/aromatic N) is 1. The van der Waals surface area contributed by atoms with Crippen LogP contribution >= 0.6 is 12.4 Å². The Hall–Kier alpha value is -1.56. The molecule has 2 saturated carbocycles. The summed E-state index contributed by atoms with van der Waals surface area (Å²) in [4.78, 5) is 41.3. The number of carbonyl (C=O) groups excluding carboxylic acids is 3. The highest BCUT2D eigenvalue weighted by Gasteiger charge is 2.81. The van der Waals surface area contributed by atoms with Crippen molar-refractivity contribution in [3.05, 3.63) is 12.7 Å². The van der Waals surface area contributed by atoms with Crippen LogP contribution in [0.5, 0.6) is 0 Å². The molecule has 2 aliphatic carbocycles. The van der Waals surface area contributed by atoms with E-state index in [2.05, 4.69) is 6.58 Å². The monoisotopic (exact) mass is 587 g/mol. The summed E-state index contributed by atoms with van der Waals surface area (Å²) in [5, 5.41) is 35.6. The van der Waals surface area contributed by atoms with E-state index in [1.54, 1.807) is 13.8 Å². The minimum atomic E-state index is -2.31. The lowest BCUT2D eigenvalue weighted by molar-refractivity contribution is -0.370. The summed E-state index contributed by atoms with van der Waals surface area (Å²) in [6.45, 7) is 13.2. The standard InChI is InChI=1S/C29H45NO9.ClH/c1-7-26(4)15-19(32)29(36)27(5)18(31)11-12-25(2,3)23(27)22(35)24(28(29,6)39-26)38-21(34)17-37-20(33)16-30-13-9-8-10-14-30;/h7,18,22-24,31,35-36H,1,8-17H2,2-6H3;1H/t18-,22-,23-,24-,26-,27-,28+,29-;/m0./s1. The van der Waals surface area contributed by atoms with E-state index in [-0.39, 0.29) is 25.4 Å². The van der Waals surface area contributed by atoms with Gasteiger partial charge in [-0.25, -0.2) is 4.79 Å². The van der Waals surface area contributed by atoms with Crippen LogP contribution in [0.2, 0.25) is 0 Å². The maximum Gasteiger partial charge on any atom is 0.344 e. The molecule has 2 aliphatic heterocycles. The Kier molecular flexibility index (Phi) is 9.28. The number of halogens is 1. The summed E-state index contributed by atoms with van der Waals surface area (Å²) in [7, 11) is 0. The largest absolute Gasteiger partial charge is 0.454 e. The number of carbonyl (C=O) groups is 3. The predicted octanol–water partition coefficient (Wildman–Crippen LogP) is 1.95. The van der Waals surface area contributed by atoms with Gasteiger partial charge < -0.3 is 29.5 Å². The van der Waals surface area contributed by atoms with Crippen molar-refractivity contribution >= 4 is 30.1 Å². The Morgan fingerprint density at radius 1 is 1.10 bits per heavy atom. The number of fused-ring (bicyclic) bond motifs is 3. The van der Waals surface area contributed by atoms with Crippen molar-refractivity contribution in [3.63, 3.8) is 0 Å². The zero-order valence-electron chi connectivity index (χ0n) is 24.3. The summed E-state index contributed by atoms with van der Waals surface area (Å²) < 4.78 is 17.3. The van der Waals surface area contributed by atoms with Crippen LogP contribution in [0, 0.1) is 16.7 Å². The average molecular weight is 588 g/mol. The van der Waals surface area contributed by atoms with Crippen LogP contribution in [0.1, 0.15) is 73.1 Å². The van der Waals surface area contributed by atoms with Crippen molar-refractivity contribution in [1.29, 1.82) is 0 Å². The highest BCUT2D eigenvalue weighted by atomic mass is 35.5. The molecule has 4 fully saturated rings. The van der Waals surface area contributed by atoms with E-state index in [9.17, 15) is 29.7 Å². The van der Waals surface area contributed by atoms with Crippen LogP contribution in [0.3, 0.4) is 0 Å². The highest BCUT2D eigenvalue weighted by molar-refractivity contribution is 5.92. The Morgan fingerprint density at radius 2 is 1.73 bits per heavy atom. The summed E-state index contributed by atoms with van der Waals surface area (Å²) in [6.07, 6.45) is 1.18. The molecule has 2 saturated heterocycles. The molecule has 228 valence electrons. The van der Waals surface area contributed by atoms with Gasteiger partial charge in [0.25, 0.3) is 0 Å². The number of rotatable bonds is 6. The number of hydrogen-bond acceptors (Lipinski definition) is 10. The van der Waals surface area contributed by atoms with E-state index in [1.807, 2.05) is 18.7 Å². The molecule has 0 radical (unpaired) electrons. The quantitative estimate of drug-likeness (QED) is 0.312. The van der Waals surface area contributed by atoms with Crippen LogP contribution in [0.15, 0.2) is 12.7 Å². The number of ether oxygens (including phenoxy) is 3. The van der Waals surface area contributed by atoms with Gasteiger partial charge in [-0.1, -0.05) is 33.3 Å². The first-order chi connectivity index (χ1) is 18.1. The third-order valence-electron chi connectivity index (χ3n) is 10.1. The van der Waals surface area contributed by atoms with E-state index in [0.717, 1.165) is 32.4 Å². The molecule has 0 spiro atoms. The average Bonchev–Trinajstić information content (AvgIpc) is 2.86. The number of hydrogen-bond donors (Lipinski definition) is 3. The fourth-order valence-corrected chi connectivity index (χ4v) is 8.14. The molecule has 11 heteroatoms. The van der Waals surface area contributed by atoms with Crippen molar-refractivity contribution in [3.8, 4) is 0 Å². The maximum absolute atomic E-state index is 13.9. The van der Waals surface area contributed by atoms with Gasteiger partial charge in [-0.2, -0.15) is 0 Å². The maximum atomic E-state index is 13.9. The molecule has 3 N–H and O–H groups in total. The van der Waals surface area contributed by atoms with E-state index >= 15 is 0 Å². The number of piperidine rings is 1. The van der Waals surface area contributed by atoms with Crippen LogP contribution in [0.25, 0.3) is 0 Å². The smallest absolute Gasteiger partial charge is 0.344 e. The number of ketones is 1. The SMILES string of the molecule is C=C[C@@]1(C)CC(=O)[C@]2(O)[C@@]3(C)[C@@H](O)CCC(C)(C)[C@@H]3[C@H](O)[C@H](OC(=O)COC(=O)CN3CCCCC3)[C@@]2(C)O1.Cl. The summed E-state index contributed by atoms with van der Waals surface area (Å²) in [5.41, 5.74) is -7.61. The predicted molar refractivity (Wildman–Crippen MR) is 148 cm³/mol. The van der Waals surface area contributed by atoms with Gasteiger partial charge in [0.15, 0.2) is 24.1 Å². The topological polar surface area (TPSA) is 143 Å². The lowest BCUT2D eigenvalue weighted by Crippen LogP contribution is -2.86. The molecule has 0 aromatic carbocycles. The minimum absolute atomic E-state index is 0. The molecule has 0 aromatic heterocycles. The third-order valence-corrected chi connectivity index (χ3v) is 10.1. The molecule has 2 heterocycles. The van der Waals surface area contributed by atoms with Gasteiger partial charge in [-0.3, -0.25) is 14.5 Å². The lowest BCUT2D eigenvalue weighted by Gasteiger charge is -2.71. The Bertz CT molecular complexity index is 1020. The molecule has 40 heavy (non-hydrogen) atoms. The van der Waals surface area contributed by atoms with Gasteiger partial charge in [-0.15, -0.1) is 19.0 Å². The molecule has 10 nitrogen and oxygen atoms in total. The van der Waals surface area contributed by atoms with Crippen molar-refractivity contribution in [2.75, 3.05) is 26.2 Å². The van der Waals surface area contributed by atoms with Gasteiger partial charge in [0.2, 0.25) is 0 Å². The molecule has 4 rings (SSSR count). The van der Waals surface area contributed by atoms with Crippen LogP contribution < -0.4 is 0 Å². The van der Waals surface area contributed by atoms with E-state index in [1.165, 1.54) is 13.0 Å². The number of likely N-dealkylation sites (tertiary alicyclic amines) is 1. The van der Waals surface area contributed by atoms with Gasteiger partial charge in [0, 0.05) is 17.8 Å².